The molecule has 3 aromatic rings. The van der Waals surface area contributed by atoms with Gasteiger partial charge in [0.2, 0.25) is 0 Å². The van der Waals surface area contributed by atoms with E-state index < -0.39 is 10.0 Å². The standard InChI is InChI=1S/C20H18N2O2S/c1-13-9-10-19-17(12-13)14(2)15(3)22(25(19,23)24)18-8-4-6-16-7-5-11-21-20(16)18/h4-12H,1-3H3. The van der Waals surface area contributed by atoms with Crippen LogP contribution in [0.25, 0.3) is 16.5 Å². The summed E-state index contributed by atoms with van der Waals surface area (Å²) in [6.07, 6.45) is 1.69. The lowest BCUT2D eigenvalue weighted by Crippen LogP contribution is -2.33. The number of anilines is 1. The van der Waals surface area contributed by atoms with Crippen LogP contribution in [0.2, 0.25) is 0 Å². The van der Waals surface area contributed by atoms with Gasteiger partial charge in [-0.3, -0.25) is 4.98 Å². The number of hydrogen-bond acceptors (Lipinski definition) is 3. The number of nitrogens with zero attached hydrogens (tertiary/aromatic N) is 2. The van der Waals surface area contributed by atoms with Crippen molar-refractivity contribution in [1.82, 2.24) is 4.98 Å². The van der Waals surface area contributed by atoms with Crippen molar-refractivity contribution in [3.05, 3.63) is 71.6 Å². The summed E-state index contributed by atoms with van der Waals surface area (Å²) in [4.78, 5) is 4.76. The first kappa shape index (κ1) is 15.8. The Kier molecular flexibility index (Phi) is 3.44. The molecule has 1 aliphatic heterocycles. The number of pyridine rings is 1. The summed E-state index contributed by atoms with van der Waals surface area (Å²) in [7, 11) is -3.69. The van der Waals surface area contributed by atoms with Crippen LogP contribution < -0.4 is 4.31 Å². The first-order valence-corrected chi connectivity index (χ1v) is 9.53. The molecule has 0 fully saturated rings. The maximum atomic E-state index is 13.4. The van der Waals surface area contributed by atoms with Crippen molar-refractivity contribution in [3.63, 3.8) is 0 Å². The molecule has 0 N–H and O–H groups in total. The first-order chi connectivity index (χ1) is 11.9. The molecule has 1 aromatic heterocycles. The predicted octanol–water partition coefficient (Wildman–Crippen LogP) is 4.50. The lowest BCUT2D eigenvalue weighted by Gasteiger charge is -2.32. The zero-order valence-electron chi connectivity index (χ0n) is 14.3. The first-order valence-electron chi connectivity index (χ1n) is 8.09. The second-order valence-electron chi connectivity index (χ2n) is 6.33. The van der Waals surface area contributed by atoms with Gasteiger partial charge in [-0.15, -0.1) is 0 Å². The summed E-state index contributed by atoms with van der Waals surface area (Å²) in [5, 5.41) is 0.912. The molecule has 0 atom stereocenters. The van der Waals surface area contributed by atoms with Gasteiger partial charge in [0.15, 0.2) is 0 Å². The van der Waals surface area contributed by atoms with E-state index in [1.54, 1.807) is 12.3 Å². The lowest BCUT2D eigenvalue weighted by atomic mass is 10.0. The summed E-state index contributed by atoms with van der Waals surface area (Å²) in [5.74, 6) is 0. The van der Waals surface area contributed by atoms with Crippen molar-refractivity contribution in [2.45, 2.75) is 25.7 Å². The molecule has 0 amide bonds. The smallest absolute Gasteiger partial charge is 0.254 e. The molecule has 0 bridgehead atoms. The van der Waals surface area contributed by atoms with Gasteiger partial charge in [0, 0.05) is 17.3 Å². The summed E-state index contributed by atoms with van der Waals surface area (Å²) in [6, 6.07) is 14.9. The number of hydrogen-bond donors (Lipinski definition) is 0. The van der Waals surface area contributed by atoms with E-state index in [9.17, 15) is 8.42 Å². The SMILES string of the molecule is CC1=C(C)N(c2cccc3cccnc23)S(=O)(=O)c2ccc(C)cc21. The van der Waals surface area contributed by atoms with Gasteiger partial charge >= 0.3 is 0 Å². The highest BCUT2D eigenvalue weighted by atomic mass is 32.2. The number of allylic oxidation sites excluding steroid dienone is 2. The number of sulfonamides is 1. The average molecular weight is 350 g/mol. The lowest BCUT2D eigenvalue weighted by molar-refractivity contribution is 0.593. The summed E-state index contributed by atoms with van der Waals surface area (Å²) in [6.45, 7) is 5.78. The topological polar surface area (TPSA) is 50.3 Å². The molecule has 4 nitrogen and oxygen atoms in total. The summed E-state index contributed by atoms with van der Waals surface area (Å²) >= 11 is 0. The van der Waals surface area contributed by atoms with E-state index in [4.69, 9.17) is 0 Å². The van der Waals surface area contributed by atoms with Crippen LogP contribution in [0.15, 0.2) is 65.3 Å². The molecule has 1 aliphatic rings. The van der Waals surface area contributed by atoms with Crippen LogP contribution in [-0.4, -0.2) is 13.4 Å². The van der Waals surface area contributed by atoms with E-state index in [1.807, 2.05) is 63.2 Å². The molecule has 0 saturated heterocycles. The Balaban J connectivity index is 2.06. The van der Waals surface area contributed by atoms with Crippen LogP contribution in [-0.2, 0) is 10.0 Å². The Bertz CT molecular complexity index is 1140. The zero-order valence-corrected chi connectivity index (χ0v) is 15.1. The van der Waals surface area contributed by atoms with E-state index in [2.05, 4.69) is 4.98 Å². The van der Waals surface area contributed by atoms with Gasteiger partial charge in [0.25, 0.3) is 10.0 Å². The Morgan fingerprint density at radius 1 is 0.960 bits per heavy atom. The van der Waals surface area contributed by atoms with E-state index in [0.717, 1.165) is 22.1 Å². The van der Waals surface area contributed by atoms with Gasteiger partial charge < -0.3 is 0 Å². The van der Waals surface area contributed by atoms with Crippen molar-refractivity contribution in [2.75, 3.05) is 4.31 Å². The van der Waals surface area contributed by atoms with Crippen LogP contribution in [0.5, 0.6) is 0 Å². The van der Waals surface area contributed by atoms with Gasteiger partial charge in [0.05, 0.1) is 16.1 Å². The monoisotopic (exact) mass is 350 g/mol. The minimum atomic E-state index is -3.69. The summed E-state index contributed by atoms with van der Waals surface area (Å²) in [5.41, 5.74) is 4.75. The predicted molar refractivity (Wildman–Crippen MR) is 101 cm³/mol. The molecule has 126 valence electrons. The molecule has 0 radical (unpaired) electrons. The van der Waals surface area contributed by atoms with Crippen LogP contribution in [0, 0.1) is 6.92 Å². The molecular formula is C20H18N2O2S. The molecule has 0 saturated carbocycles. The number of aromatic nitrogens is 1. The molecule has 2 heterocycles. The minimum absolute atomic E-state index is 0.342. The molecule has 25 heavy (non-hydrogen) atoms. The largest absolute Gasteiger partial charge is 0.269 e. The van der Waals surface area contributed by atoms with Crippen molar-refractivity contribution >= 4 is 32.2 Å². The Labute approximate surface area is 147 Å². The van der Waals surface area contributed by atoms with Gasteiger partial charge in [-0.05, 0) is 50.1 Å². The third kappa shape index (κ3) is 2.27. The fraction of sp³-hybridized carbons (Fsp3) is 0.150. The maximum absolute atomic E-state index is 13.4. The fourth-order valence-corrected chi connectivity index (χ4v) is 5.18. The van der Waals surface area contributed by atoms with Crippen molar-refractivity contribution in [2.24, 2.45) is 0 Å². The van der Waals surface area contributed by atoms with Gasteiger partial charge in [-0.25, -0.2) is 12.7 Å². The van der Waals surface area contributed by atoms with Gasteiger partial charge in [0.1, 0.15) is 0 Å². The summed E-state index contributed by atoms with van der Waals surface area (Å²) < 4.78 is 28.2. The minimum Gasteiger partial charge on any atom is -0.254 e. The molecule has 0 aliphatic carbocycles. The third-order valence-corrected chi connectivity index (χ3v) is 6.60. The van der Waals surface area contributed by atoms with Crippen LogP contribution >= 0.6 is 0 Å². The highest BCUT2D eigenvalue weighted by Crippen LogP contribution is 2.41. The van der Waals surface area contributed by atoms with E-state index in [1.165, 1.54) is 4.31 Å². The molecule has 5 heteroatoms. The number of rotatable bonds is 1. The highest BCUT2D eigenvalue weighted by Gasteiger charge is 2.35. The number of aryl methyl sites for hydroxylation is 1. The number of fused-ring (bicyclic) bond motifs is 2. The number of benzene rings is 2. The maximum Gasteiger partial charge on any atom is 0.269 e. The van der Waals surface area contributed by atoms with E-state index in [-0.39, 0.29) is 0 Å². The third-order valence-electron chi connectivity index (χ3n) is 4.73. The normalized spacial score (nSPS) is 16.2. The highest BCUT2D eigenvalue weighted by molar-refractivity contribution is 7.93. The van der Waals surface area contributed by atoms with Crippen LogP contribution in [0.1, 0.15) is 25.0 Å². The zero-order chi connectivity index (χ0) is 17.8. The van der Waals surface area contributed by atoms with Gasteiger partial charge in [-0.1, -0.05) is 35.9 Å². The second-order valence-corrected chi connectivity index (χ2v) is 8.09. The number of para-hydroxylation sites is 1. The molecular weight excluding hydrogens is 332 g/mol. The van der Waals surface area contributed by atoms with E-state index in [0.29, 0.717) is 21.8 Å². The Hall–Kier alpha value is -2.66. The van der Waals surface area contributed by atoms with Crippen LogP contribution in [0.4, 0.5) is 5.69 Å². The average Bonchev–Trinajstić information content (AvgIpc) is 2.60. The van der Waals surface area contributed by atoms with Crippen molar-refractivity contribution < 1.29 is 8.42 Å². The second kappa shape index (κ2) is 5.43. The Morgan fingerprint density at radius 3 is 2.52 bits per heavy atom. The molecule has 0 spiro atoms. The Morgan fingerprint density at radius 2 is 1.72 bits per heavy atom. The fourth-order valence-electron chi connectivity index (χ4n) is 3.35. The van der Waals surface area contributed by atoms with E-state index >= 15 is 0 Å². The molecule has 2 aromatic carbocycles. The van der Waals surface area contributed by atoms with Crippen LogP contribution in [0.3, 0.4) is 0 Å². The van der Waals surface area contributed by atoms with Crippen molar-refractivity contribution in [1.29, 1.82) is 0 Å². The van der Waals surface area contributed by atoms with Crippen molar-refractivity contribution in [3.8, 4) is 0 Å². The molecule has 4 rings (SSSR count). The molecule has 0 unspecified atom stereocenters. The van der Waals surface area contributed by atoms with Gasteiger partial charge in [-0.2, -0.15) is 0 Å². The quantitative estimate of drug-likeness (QED) is 0.649.